The summed E-state index contributed by atoms with van der Waals surface area (Å²) in [6.07, 6.45) is 1.48. The van der Waals surface area contributed by atoms with E-state index in [0.29, 0.717) is 5.56 Å². The van der Waals surface area contributed by atoms with Crippen molar-refractivity contribution < 1.29 is 23.4 Å². The molecule has 2 amide bonds. The highest BCUT2D eigenvalue weighted by Gasteiger charge is 2.31. The molecule has 1 atom stereocenters. The first kappa shape index (κ1) is 17.5. The Morgan fingerprint density at radius 3 is 2.78 bits per heavy atom. The van der Waals surface area contributed by atoms with Crippen LogP contribution in [0.15, 0.2) is 18.2 Å². The van der Waals surface area contributed by atoms with Gasteiger partial charge in [0.1, 0.15) is 5.75 Å². The third-order valence-electron chi connectivity index (χ3n) is 3.84. The van der Waals surface area contributed by atoms with E-state index in [1.165, 1.54) is 11.0 Å². The first-order chi connectivity index (χ1) is 10.9. The number of nitrogens with zero attached hydrogens (tertiary/aromatic N) is 1. The number of carbonyl (C=O) groups is 1. The highest BCUT2D eigenvalue weighted by molar-refractivity contribution is 5.74. The van der Waals surface area contributed by atoms with Gasteiger partial charge in [0, 0.05) is 25.7 Å². The standard InChI is InChI=1S/C16H22F2N2O3/c1-10-3-6-14(23-15(17)18)12(7-10)8-19-16(22)20(2)9-13(21)11-4-5-11/h3,6-7,11,13,15,21H,4-5,8-9H2,1-2H3,(H,19,22). The van der Waals surface area contributed by atoms with Gasteiger partial charge in [-0.2, -0.15) is 8.78 Å². The van der Waals surface area contributed by atoms with Crippen LogP contribution in [0.5, 0.6) is 5.75 Å². The van der Waals surface area contributed by atoms with E-state index in [4.69, 9.17) is 0 Å². The van der Waals surface area contributed by atoms with Gasteiger partial charge in [0.05, 0.1) is 6.10 Å². The number of ether oxygens (including phenoxy) is 1. The van der Waals surface area contributed by atoms with Crippen molar-refractivity contribution in [3.8, 4) is 5.75 Å². The van der Waals surface area contributed by atoms with E-state index in [0.717, 1.165) is 18.4 Å². The van der Waals surface area contributed by atoms with Gasteiger partial charge < -0.3 is 20.1 Å². The SMILES string of the molecule is Cc1ccc(OC(F)F)c(CNC(=O)N(C)CC(O)C2CC2)c1. The number of halogens is 2. The van der Waals surface area contributed by atoms with Crippen molar-refractivity contribution in [3.63, 3.8) is 0 Å². The van der Waals surface area contributed by atoms with Crippen LogP contribution in [0.2, 0.25) is 0 Å². The molecule has 128 valence electrons. The van der Waals surface area contributed by atoms with E-state index < -0.39 is 12.7 Å². The van der Waals surface area contributed by atoms with E-state index in [-0.39, 0.29) is 30.8 Å². The predicted octanol–water partition coefficient (Wildman–Crippen LogP) is 2.51. The first-order valence-corrected chi connectivity index (χ1v) is 7.58. The van der Waals surface area contributed by atoms with Crippen LogP contribution in [-0.4, -0.2) is 42.3 Å². The van der Waals surface area contributed by atoms with Crippen molar-refractivity contribution in [1.82, 2.24) is 10.2 Å². The van der Waals surface area contributed by atoms with E-state index in [1.54, 1.807) is 19.2 Å². The molecule has 0 bridgehead atoms. The Morgan fingerprint density at radius 2 is 2.17 bits per heavy atom. The molecule has 0 saturated heterocycles. The van der Waals surface area contributed by atoms with Gasteiger partial charge in [0.25, 0.3) is 0 Å². The molecule has 7 heteroatoms. The molecule has 0 radical (unpaired) electrons. The van der Waals surface area contributed by atoms with Gasteiger partial charge in [-0.3, -0.25) is 0 Å². The summed E-state index contributed by atoms with van der Waals surface area (Å²) in [5.74, 6) is 0.333. The summed E-state index contributed by atoms with van der Waals surface area (Å²) in [4.78, 5) is 13.4. The molecule has 0 aliphatic heterocycles. The second-order valence-electron chi connectivity index (χ2n) is 5.93. The number of hydrogen-bond acceptors (Lipinski definition) is 3. The zero-order valence-corrected chi connectivity index (χ0v) is 13.3. The molecule has 0 heterocycles. The van der Waals surface area contributed by atoms with Gasteiger partial charge in [0.15, 0.2) is 0 Å². The Hall–Kier alpha value is -1.89. The Morgan fingerprint density at radius 1 is 1.48 bits per heavy atom. The van der Waals surface area contributed by atoms with E-state index in [1.807, 2.05) is 6.92 Å². The molecular formula is C16H22F2N2O3. The monoisotopic (exact) mass is 328 g/mol. The molecule has 1 aliphatic carbocycles. The molecule has 1 aliphatic rings. The highest BCUT2D eigenvalue weighted by atomic mass is 19.3. The lowest BCUT2D eigenvalue weighted by molar-refractivity contribution is -0.0504. The second-order valence-corrected chi connectivity index (χ2v) is 5.93. The molecule has 1 saturated carbocycles. The molecule has 1 unspecified atom stereocenters. The number of carbonyl (C=O) groups excluding carboxylic acids is 1. The summed E-state index contributed by atoms with van der Waals surface area (Å²) < 4.78 is 29.3. The summed E-state index contributed by atoms with van der Waals surface area (Å²) in [5.41, 5.74) is 1.36. The molecule has 0 spiro atoms. The molecule has 2 N–H and O–H groups in total. The number of likely N-dealkylation sites (N-methyl/N-ethyl adjacent to an activating group) is 1. The number of urea groups is 1. The molecule has 1 aromatic carbocycles. The number of aliphatic hydroxyl groups excluding tert-OH is 1. The van der Waals surface area contributed by atoms with Crippen LogP contribution in [0, 0.1) is 12.8 Å². The van der Waals surface area contributed by atoms with Crippen LogP contribution in [0.4, 0.5) is 13.6 Å². The number of rotatable bonds is 7. The van der Waals surface area contributed by atoms with Crippen molar-refractivity contribution in [2.24, 2.45) is 5.92 Å². The van der Waals surface area contributed by atoms with Crippen molar-refractivity contribution in [3.05, 3.63) is 29.3 Å². The van der Waals surface area contributed by atoms with Gasteiger partial charge >= 0.3 is 12.6 Å². The lowest BCUT2D eigenvalue weighted by Gasteiger charge is -2.21. The Bertz CT molecular complexity index is 550. The van der Waals surface area contributed by atoms with Crippen LogP contribution >= 0.6 is 0 Å². The average molecular weight is 328 g/mol. The zero-order chi connectivity index (χ0) is 17.0. The fourth-order valence-electron chi connectivity index (χ4n) is 2.36. The minimum absolute atomic E-state index is 0.0477. The molecule has 1 fully saturated rings. The van der Waals surface area contributed by atoms with E-state index in [9.17, 15) is 18.7 Å². The van der Waals surface area contributed by atoms with Crippen LogP contribution in [0.25, 0.3) is 0 Å². The van der Waals surface area contributed by atoms with Gasteiger partial charge in [-0.05, 0) is 31.7 Å². The third-order valence-corrected chi connectivity index (χ3v) is 3.84. The van der Waals surface area contributed by atoms with Crippen molar-refractivity contribution >= 4 is 6.03 Å². The van der Waals surface area contributed by atoms with Crippen LogP contribution in [0.1, 0.15) is 24.0 Å². The Labute approximate surface area is 134 Å². The van der Waals surface area contributed by atoms with Crippen molar-refractivity contribution in [2.45, 2.75) is 39.0 Å². The average Bonchev–Trinajstić information content (AvgIpc) is 3.31. The van der Waals surface area contributed by atoms with Crippen molar-refractivity contribution in [2.75, 3.05) is 13.6 Å². The van der Waals surface area contributed by atoms with E-state index in [2.05, 4.69) is 10.1 Å². The molecular weight excluding hydrogens is 306 g/mol. The van der Waals surface area contributed by atoms with Gasteiger partial charge in [-0.15, -0.1) is 0 Å². The predicted molar refractivity (Wildman–Crippen MR) is 81.4 cm³/mol. The quantitative estimate of drug-likeness (QED) is 0.808. The fraction of sp³-hybridized carbons (Fsp3) is 0.562. The number of amides is 2. The van der Waals surface area contributed by atoms with Crippen molar-refractivity contribution in [1.29, 1.82) is 0 Å². The maximum atomic E-state index is 12.4. The van der Waals surface area contributed by atoms with Crippen LogP contribution in [0.3, 0.4) is 0 Å². The number of aliphatic hydroxyl groups is 1. The van der Waals surface area contributed by atoms with Gasteiger partial charge in [-0.25, -0.2) is 4.79 Å². The molecule has 23 heavy (non-hydrogen) atoms. The largest absolute Gasteiger partial charge is 0.434 e. The van der Waals surface area contributed by atoms with Crippen LogP contribution < -0.4 is 10.1 Å². The lowest BCUT2D eigenvalue weighted by Crippen LogP contribution is -2.41. The number of aryl methyl sites for hydroxylation is 1. The number of alkyl halides is 2. The molecule has 1 aromatic rings. The maximum absolute atomic E-state index is 12.4. The zero-order valence-electron chi connectivity index (χ0n) is 13.3. The smallest absolute Gasteiger partial charge is 0.387 e. The minimum atomic E-state index is -2.91. The summed E-state index contributed by atoms with van der Waals surface area (Å²) >= 11 is 0. The maximum Gasteiger partial charge on any atom is 0.387 e. The Balaban J connectivity index is 1.90. The first-order valence-electron chi connectivity index (χ1n) is 7.58. The number of benzene rings is 1. The second kappa shape index (κ2) is 7.59. The third kappa shape index (κ3) is 5.35. The van der Waals surface area contributed by atoms with E-state index >= 15 is 0 Å². The summed E-state index contributed by atoms with van der Waals surface area (Å²) in [6.45, 7) is -0.754. The normalized spacial score (nSPS) is 15.4. The topological polar surface area (TPSA) is 61.8 Å². The molecule has 0 aromatic heterocycles. The summed E-state index contributed by atoms with van der Waals surface area (Å²) in [5, 5.41) is 12.5. The fourth-order valence-corrected chi connectivity index (χ4v) is 2.36. The lowest BCUT2D eigenvalue weighted by atomic mass is 10.1. The minimum Gasteiger partial charge on any atom is -0.434 e. The number of nitrogens with one attached hydrogen (secondary N) is 1. The number of hydrogen-bond donors (Lipinski definition) is 2. The molecule has 2 rings (SSSR count). The van der Waals surface area contributed by atoms with Gasteiger partial charge in [-0.1, -0.05) is 17.7 Å². The summed E-state index contributed by atoms with van der Waals surface area (Å²) in [7, 11) is 1.59. The van der Waals surface area contributed by atoms with Crippen LogP contribution in [-0.2, 0) is 6.54 Å². The van der Waals surface area contributed by atoms with Gasteiger partial charge in [0.2, 0.25) is 0 Å². The molecule has 5 nitrogen and oxygen atoms in total. The summed E-state index contributed by atoms with van der Waals surface area (Å²) in [6, 6.07) is 4.45. The Kier molecular flexibility index (Phi) is 5.76. The highest BCUT2D eigenvalue weighted by Crippen LogP contribution is 2.32.